The molecular formula is C12H12F6N+. The van der Waals surface area contributed by atoms with E-state index in [2.05, 4.69) is 0 Å². The van der Waals surface area contributed by atoms with E-state index < -0.39 is 23.5 Å². The molecule has 1 atom stereocenters. The summed E-state index contributed by atoms with van der Waals surface area (Å²) in [6.45, 7) is 0.724. The molecule has 1 fully saturated rings. The molecule has 1 aromatic rings. The molecule has 106 valence electrons. The van der Waals surface area contributed by atoms with Gasteiger partial charge in [0.2, 0.25) is 0 Å². The smallest absolute Gasteiger partial charge is 0.340 e. The van der Waals surface area contributed by atoms with Gasteiger partial charge in [-0.05, 0) is 18.2 Å². The maximum absolute atomic E-state index is 12.6. The van der Waals surface area contributed by atoms with Gasteiger partial charge in [-0.1, -0.05) is 0 Å². The average Bonchev–Trinajstić information content (AvgIpc) is 2.79. The van der Waals surface area contributed by atoms with Crippen LogP contribution < -0.4 is 5.32 Å². The van der Waals surface area contributed by atoms with Crippen LogP contribution in [0.25, 0.3) is 0 Å². The summed E-state index contributed by atoms with van der Waals surface area (Å²) in [4.78, 5) is 0. The quantitative estimate of drug-likeness (QED) is 0.763. The van der Waals surface area contributed by atoms with Crippen LogP contribution in [0.3, 0.4) is 0 Å². The van der Waals surface area contributed by atoms with Gasteiger partial charge in [0.15, 0.2) is 0 Å². The van der Waals surface area contributed by atoms with Crippen LogP contribution in [0.15, 0.2) is 18.2 Å². The van der Waals surface area contributed by atoms with Crippen LogP contribution in [-0.4, -0.2) is 6.54 Å². The molecule has 1 aliphatic rings. The third kappa shape index (κ3) is 3.20. The molecule has 1 nitrogen and oxygen atoms in total. The Morgan fingerprint density at radius 3 is 1.79 bits per heavy atom. The predicted octanol–water partition coefficient (Wildman–Crippen LogP) is 3.12. The molecule has 19 heavy (non-hydrogen) atoms. The third-order valence-electron chi connectivity index (χ3n) is 3.21. The Hall–Kier alpha value is -1.24. The van der Waals surface area contributed by atoms with E-state index in [1.807, 2.05) is 0 Å². The summed E-state index contributed by atoms with van der Waals surface area (Å²) in [5.41, 5.74) is -2.38. The molecule has 0 radical (unpaired) electrons. The van der Waals surface area contributed by atoms with Gasteiger partial charge in [-0.25, -0.2) is 0 Å². The molecule has 0 unspecified atom stereocenters. The molecule has 2 rings (SSSR count). The second-order valence-corrected chi connectivity index (χ2v) is 4.61. The Morgan fingerprint density at radius 2 is 1.42 bits per heavy atom. The summed E-state index contributed by atoms with van der Waals surface area (Å²) >= 11 is 0. The molecule has 0 saturated carbocycles. The second kappa shape index (κ2) is 4.70. The fourth-order valence-corrected chi connectivity index (χ4v) is 2.27. The Kier molecular flexibility index (Phi) is 3.51. The third-order valence-corrected chi connectivity index (χ3v) is 3.21. The summed E-state index contributed by atoms with van der Waals surface area (Å²) in [6.07, 6.45) is -8.15. The van der Waals surface area contributed by atoms with Gasteiger partial charge in [0, 0.05) is 18.4 Å². The SMILES string of the molecule is FC(F)(F)c1cc([C@H]2CCC[NH2+]2)cc(C(F)(F)F)c1. The molecule has 0 spiro atoms. The molecule has 2 N–H and O–H groups in total. The topological polar surface area (TPSA) is 16.6 Å². The lowest BCUT2D eigenvalue weighted by Gasteiger charge is -2.16. The maximum Gasteiger partial charge on any atom is 0.416 e. The van der Waals surface area contributed by atoms with Gasteiger partial charge in [-0.15, -0.1) is 0 Å². The van der Waals surface area contributed by atoms with Gasteiger partial charge in [-0.3, -0.25) is 0 Å². The lowest BCUT2D eigenvalue weighted by molar-refractivity contribution is -0.676. The zero-order chi connectivity index (χ0) is 14.3. The van der Waals surface area contributed by atoms with E-state index in [4.69, 9.17) is 0 Å². The van der Waals surface area contributed by atoms with Crippen molar-refractivity contribution in [1.29, 1.82) is 0 Å². The van der Waals surface area contributed by atoms with Crippen molar-refractivity contribution in [2.75, 3.05) is 6.54 Å². The fourth-order valence-electron chi connectivity index (χ4n) is 2.27. The molecule has 0 aromatic heterocycles. The van der Waals surface area contributed by atoms with Crippen LogP contribution in [0.4, 0.5) is 26.3 Å². The van der Waals surface area contributed by atoms with E-state index in [1.54, 1.807) is 5.32 Å². The number of benzene rings is 1. The van der Waals surface area contributed by atoms with E-state index >= 15 is 0 Å². The monoisotopic (exact) mass is 284 g/mol. The molecule has 7 heteroatoms. The van der Waals surface area contributed by atoms with Crippen molar-refractivity contribution in [3.63, 3.8) is 0 Å². The highest BCUT2D eigenvalue weighted by Gasteiger charge is 2.38. The minimum atomic E-state index is -4.77. The molecular weight excluding hydrogens is 272 g/mol. The average molecular weight is 284 g/mol. The molecule has 1 heterocycles. The minimum Gasteiger partial charge on any atom is -0.340 e. The van der Waals surface area contributed by atoms with Gasteiger partial charge >= 0.3 is 12.4 Å². The first kappa shape index (κ1) is 14.2. The molecule has 1 aromatic carbocycles. The number of alkyl halides is 6. The summed E-state index contributed by atoms with van der Waals surface area (Å²) in [5.74, 6) is 0. The Labute approximate surface area is 105 Å². The highest BCUT2D eigenvalue weighted by Crippen LogP contribution is 2.37. The van der Waals surface area contributed by atoms with Crippen molar-refractivity contribution in [3.8, 4) is 0 Å². The van der Waals surface area contributed by atoms with Gasteiger partial charge in [0.05, 0.1) is 17.7 Å². The highest BCUT2D eigenvalue weighted by molar-refractivity contribution is 5.34. The van der Waals surface area contributed by atoms with Crippen LogP contribution in [0.5, 0.6) is 0 Å². The first-order valence-corrected chi connectivity index (χ1v) is 5.80. The summed E-state index contributed by atoms with van der Waals surface area (Å²) < 4.78 is 75.9. The minimum absolute atomic E-state index is 0.0969. The number of hydrogen-bond donors (Lipinski definition) is 1. The number of halogens is 6. The zero-order valence-corrected chi connectivity index (χ0v) is 9.78. The largest absolute Gasteiger partial charge is 0.416 e. The van der Waals surface area contributed by atoms with Gasteiger partial charge in [0.1, 0.15) is 6.04 Å². The van der Waals surface area contributed by atoms with Crippen molar-refractivity contribution < 1.29 is 31.7 Å². The van der Waals surface area contributed by atoms with E-state index in [0.717, 1.165) is 25.1 Å². The molecule has 0 bridgehead atoms. The van der Waals surface area contributed by atoms with Crippen LogP contribution in [0.1, 0.15) is 35.6 Å². The second-order valence-electron chi connectivity index (χ2n) is 4.61. The fraction of sp³-hybridized carbons (Fsp3) is 0.500. The Morgan fingerprint density at radius 1 is 0.895 bits per heavy atom. The first-order chi connectivity index (χ1) is 8.68. The van der Waals surface area contributed by atoms with Gasteiger partial charge < -0.3 is 5.32 Å². The number of nitrogens with two attached hydrogens (primary N) is 1. The predicted molar refractivity (Wildman–Crippen MR) is 55.2 cm³/mol. The molecule has 1 aliphatic heterocycles. The summed E-state index contributed by atoms with van der Waals surface area (Å²) in [6, 6.07) is 1.49. The Balaban J connectivity index is 2.48. The van der Waals surface area contributed by atoms with Crippen molar-refractivity contribution in [2.24, 2.45) is 0 Å². The van der Waals surface area contributed by atoms with Crippen molar-refractivity contribution in [1.82, 2.24) is 0 Å². The number of rotatable bonds is 1. The maximum atomic E-state index is 12.6. The van der Waals surface area contributed by atoms with Gasteiger partial charge in [0.25, 0.3) is 0 Å². The van der Waals surface area contributed by atoms with Crippen molar-refractivity contribution >= 4 is 0 Å². The first-order valence-electron chi connectivity index (χ1n) is 5.80. The standard InChI is InChI=1S/C12H11F6N/c13-11(14,15)8-4-7(10-2-1-3-19-10)5-9(6-8)12(16,17)18/h4-6,10,19H,1-3H2/p+1/t10-/m1/s1. The Bertz CT molecular complexity index is 424. The van der Waals surface area contributed by atoms with Crippen LogP contribution in [0.2, 0.25) is 0 Å². The summed E-state index contributed by atoms with van der Waals surface area (Å²) in [7, 11) is 0. The number of hydrogen-bond acceptors (Lipinski definition) is 0. The zero-order valence-electron chi connectivity index (χ0n) is 9.78. The van der Waals surface area contributed by atoms with Crippen LogP contribution >= 0.6 is 0 Å². The van der Waals surface area contributed by atoms with Crippen LogP contribution in [0, 0.1) is 0 Å². The lowest BCUT2D eigenvalue weighted by Crippen LogP contribution is -2.81. The van der Waals surface area contributed by atoms with Crippen molar-refractivity contribution in [2.45, 2.75) is 31.2 Å². The summed E-state index contributed by atoms with van der Waals surface area (Å²) in [5, 5.41) is 1.77. The van der Waals surface area contributed by atoms with Gasteiger partial charge in [-0.2, -0.15) is 26.3 Å². The molecule has 0 amide bonds. The molecule has 1 saturated heterocycles. The normalized spacial score (nSPS) is 20.8. The van der Waals surface area contributed by atoms with Crippen LogP contribution in [-0.2, 0) is 12.4 Å². The van der Waals surface area contributed by atoms with E-state index in [1.165, 1.54) is 0 Å². The van der Waals surface area contributed by atoms with E-state index in [9.17, 15) is 26.3 Å². The number of quaternary nitrogens is 1. The van der Waals surface area contributed by atoms with Crippen molar-refractivity contribution in [3.05, 3.63) is 34.9 Å². The molecule has 0 aliphatic carbocycles. The lowest BCUT2D eigenvalue weighted by atomic mass is 9.98. The van der Waals surface area contributed by atoms with E-state index in [0.29, 0.717) is 6.42 Å². The highest BCUT2D eigenvalue weighted by atomic mass is 19.4. The van der Waals surface area contributed by atoms with E-state index in [-0.39, 0.29) is 17.7 Å².